The van der Waals surface area contributed by atoms with Crippen molar-refractivity contribution >= 4 is 12.0 Å². The molecule has 0 aliphatic heterocycles. The third-order valence-electron chi connectivity index (χ3n) is 3.62. The van der Waals surface area contributed by atoms with Crippen LogP contribution in [-0.4, -0.2) is 22.6 Å². The van der Waals surface area contributed by atoms with E-state index in [1.807, 2.05) is 12.5 Å². The first-order valence-corrected chi connectivity index (χ1v) is 6.48. The fraction of sp³-hybridized carbons (Fsp3) is 0.571. The van der Waals surface area contributed by atoms with Gasteiger partial charge in [-0.05, 0) is 37.7 Å². The molecule has 4 nitrogen and oxygen atoms in total. The topological polar surface area (TPSA) is 44.1 Å². The van der Waals surface area contributed by atoms with Gasteiger partial charge in [-0.15, -0.1) is 0 Å². The number of hydrogen-bond donors (Lipinski definition) is 0. The lowest BCUT2D eigenvalue weighted by Crippen LogP contribution is -2.15. The minimum Gasteiger partial charge on any atom is -0.466 e. The Hall–Kier alpha value is -1.58. The van der Waals surface area contributed by atoms with E-state index in [0.717, 1.165) is 11.6 Å². The average molecular weight is 248 g/mol. The summed E-state index contributed by atoms with van der Waals surface area (Å²) in [6, 6.07) is 0.564. The number of ether oxygens (including phenoxy) is 1. The molecule has 4 heteroatoms. The van der Waals surface area contributed by atoms with Crippen LogP contribution >= 0.6 is 0 Å². The van der Waals surface area contributed by atoms with E-state index < -0.39 is 0 Å². The van der Waals surface area contributed by atoms with E-state index in [0.29, 0.717) is 6.04 Å². The molecule has 98 valence electrons. The summed E-state index contributed by atoms with van der Waals surface area (Å²) in [5, 5.41) is 0. The van der Waals surface area contributed by atoms with Crippen molar-refractivity contribution in [2.75, 3.05) is 7.11 Å². The highest BCUT2D eigenvalue weighted by Crippen LogP contribution is 2.31. The van der Waals surface area contributed by atoms with Crippen LogP contribution < -0.4 is 0 Å². The number of imidazole rings is 1. The molecule has 1 aromatic rings. The first-order chi connectivity index (χ1) is 8.69. The van der Waals surface area contributed by atoms with Crippen LogP contribution in [0, 0.1) is 5.92 Å². The molecule has 1 heterocycles. The Kier molecular flexibility index (Phi) is 4.18. The second-order valence-corrected chi connectivity index (χ2v) is 5.02. The van der Waals surface area contributed by atoms with Crippen molar-refractivity contribution in [1.82, 2.24) is 9.55 Å². The zero-order valence-electron chi connectivity index (χ0n) is 11.0. The summed E-state index contributed by atoms with van der Waals surface area (Å²) < 4.78 is 6.72. The highest BCUT2D eigenvalue weighted by molar-refractivity contribution is 5.86. The van der Waals surface area contributed by atoms with Crippen molar-refractivity contribution in [1.29, 1.82) is 0 Å². The van der Waals surface area contributed by atoms with Crippen LogP contribution in [0.15, 0.2) is 18.6 Å². The number of nitrogens with zero attached hydrogens (tertiary/aromatic N) is 2. The third kappa shape index (κ3) is 3.22. The molecule has 1 aromatic heterocycles. The van der Waals surface area contributed by atoms with Crippen molar-refractivity contribution in [3.8, 4) is 0 Å². The van der Waals surface area contributed by atoms with Gasteiger partial charge in [0.1, 0.15) is 0 Å². The van der Waals surface area contributed by atoms with Crippen LogP contribution in [0.2, 0.25) is 0 Å². The summed E-state index contributed by atoms with van der Waals surface area (Å²) in [6.07, 6.45) is 12.0. The molecule has 0 amide bonds. The minimum absolute atomic E-state index is 0.351. The van der Waals surface area contributed by atoms with Crippen molar-refractivity contribution in [3.63, 3.8) is 0 Å². The first-order valence-electron chi connectivity index (χ1n) is 6.48. The van der Waals surface area contributed by atoms with Crippen molar-refractivity contribution in [2.24, 2.45) is 5.92 Å². The number of carbonyl (C=O) groups is 1. The molecule has 0 atom stereocenters. The zero-order valence-corrected chi connectivity index (χ0v) is 11.0. The maximum Gasteiger partial charge on any atom is 0.330 e. The molecule has 0 radical (unpaired) electrons. The average Bonchev–Trinajstić information content (AvgIpc) is 2.85. The van der Waals surface area contributed by atoms with Gasteiger partial charge >= 0.3 is 5.97 Å². The standard InChI is InChI=1S/C14H20N2O2/c1-11-3-6-13(7-4-11)16-9-12(15-10-16)5-8-14(17)18-2/h5,8-11,13H,3-4,6-7H2,1-2H3/b8-5+. The van der Waals surface area contributed by atoms with E-state index in [-0.39, 0.29) is 5.97 Å². The number of esters is 1. The number of hydrogen-bond acceptors (Lipinski definition) is 3. The van der Waals surface area contributed by atoms with Crippen LogP contribution in [0.25, 0.3) is 6.08 Å². The zero-order chi connectivity index (χ0) is 13.0. The molecule has 0 aromatic carbocycles. The van der Waals surface area contributed by atoms with Crippen molar-refractivity contribution in [2.45, 2.75) is 38.6 Å². The molecule has 1 fully saturated rings. The quantitative estimate of drug-likeness (QED) is 0.610. The van der Waals surface area contributed by atoms with Crippen LogP contribution in [0.5, 0.6) is 0 Å². The molecular weight excluding hydrogens is 228 g/mol. The molecule has 0 unspecified atom stereocenters. The molecule has 2 rings (SSSR count). The molecular formula is C14H20N2O2. The maximum absolute atomic E-state index is 11.0. The molecule has 0 spiro atoms. The molecule has 1 saturated carbocycles. The Labute approximate surface area is 108 Å². The maximum atomic E-state index is 11.0. The lowest BCUT2D eigenvalue weighted by molar-refractivity contribution is -0.134. The van der Waals surface area contributed by atoms with Gasteiger partial charge in [-0.2, -0.15) is 0 Å². The number of carbonyl (C=O) groups excluding carboxylic acids is 1. The SMILES string of the molecule is COC(=O)/C=C/c1cn(C2CCC(C)CC2)cn1. The monoisotopic (exact) mass is 248 g/mol. The highest BCUT2D eigenvalue weighted by Gasteiger charge is 2.19. The summed E-state index contributed by atoms with van der Waals surface area (Å²) in [4.78, 5) is 15.3. The van der Waals surface area contributed by atoms with Crippen LogP contribution in [0.1, 0.15) is 44.3 Å². The largest absolute Gasteiger partial charge is 0.466 e. The molecule has 0 N–H and O–H groups in total. The van der Waals surface area contributed by atoms with E-state index in [2.05, 4.69) is 21.2 Å². The van der Waals surface area contributed by atoms with Gasteiger partial charge < -0.3 is 9.30 Å². The molecule has 18 heavy (non-hydrogen) atoms. The smallest absolute Gasteiger partial charge is 0.330 e. The molecule has 0 bridgehead atoms. The van der Waals surface area contributed by atoms with Gasteiger partial charge in [0.05, 0.1) is 19.1 Å². The van der Waals surface area contributed by atoms with E-state index in [1.54, 1.807) is 6.08 Å². The fourth-order valence-corrected chi connectivity index (χ4v) is 2.40. The summed E-state index contributed by atoms with van der Waals surface area (Å²) in [7, 11) is 1.37. The van der Waals surface area contributed by atoms with E-state index in [4.69, 9.17) is 0 Å². The van der Waals surface area contributed by atoms with E-state index in [9.17, 15) is 4.79 Å². The Balaban J connectivity index is 1.97. The summed E-state index contributed by atoms with van der Waals surface area (Å²) in [6.45, 7) is 2.31. The normalized spacial score (nSPS) is 24.3. The van der Waals surface area contributed by atoms with Gasteiger partial charge in [-0.3, -0.25) is 0 Å². The van der Waals surface area contributed by atoms with Gasteiger partial charge in [0.25, 0.3) is 0 Å². The summed E-state index contributed by atoms with van der Waals surface area (Å²) >= 11 is 0. The molecule has 0 saturated heterocycles. The summed E-state index contributed by atoms with van der Waals surface area (Å²) in [5.41, 5.74) is 0.805. The van der Waals surface area contributed by atoms with E-state index >= 15 is 0 Å². The highest BCUT2D eigenvalue weighted by atomic mass is 16.5. The van der Waals surface area contributed by atoms with E-state index in [1.165, 1.54) is 38.9 Å². The Morgan fingerprint density at radius 1 is 1.44 bits per heavy atom. The second kappa shape index (κ2) is 5.85. The van der Waals surface area contributed by atoms with Crippen LogP contribution in [-0.2, 0) is 9.53 Å². The van der Waals surface area contributed by atoms with Gasteiger partial charge in [-0.1, -0.05) is 6.92 Å². The lowest BCUT2D eigenvalue weighted by Gasteiger charge is -2.26. The number of rotatable bonds is 3. The van der Waals surface area contributed by atoms with Crippen LogP contribution in [0.3, 0.4) is 0 Å². The van der Waals surface area contributed by atoms with Crippen LogP contribution in [0.4, 0.5) is 0 Å². The first kappa shape index (κ1) is 12.9. The third-order valence-corrected chi connectivity index (χ3v) is 3.62. The summed E-state index contributed by atoms with van der Waals surface area (Å²) in [5.74, 6) is 0.500. The number of aromatic nitrogens is 2. The predicted octanol–water partition coefficient (Wildman–Crippen LogP) is 2.82. The minimum atomic E-state index is -0.351. The predicted molar refractivity (Wildman–Crippen MR) is 69.9 cm³/mol. The van der Waals surface area contributed by atoms with Crippen molar-refractivity contribution < 1.29 is 9.53 Å². The van der Waals surface area contributed by atoms with Gasteiger partial charge in [0.2, 0.25) is 0 Å². The lowest BCUT2D eigenvalue weighted by atomic mass is 9.87. The fourth-order valence-electron chi connectivity index (χ4n) is 2.40. The Morgan fingerprint density at radius 2 is 2.17 bits per heavy atom. The molecule has 1 aliphatic rings. The van der Waals surface area contributed by atoms with Gasteiger partial charge in [-0.25, -0.2) is 9.78 Å². The van der Waals surface area contributed by atoms with Gasteiger partial charge in [0.15, 0.2) is 0 Å². The Morgan fingerprint density at radius 3 is 2.83 bits per heavy atom. The second-order valence-electron chi connectivity index (χ2n) is 5.02. The number of methoxy groups -OCH3 is 1. The Bertz CT molecular complexity index is 429. The van der Waals surface area contributed by atoms with Gasteiger partial charge in [0, 0.05) is 18.3 Å². The van der Waals surface area contributed by atoms with Crippen molar-refractivity contribution in [3.05, 3.63) is 24.3 Å². The molecule has 1 aliphatic carbocycles.